The highest BCUT2D eigenvalue weighted by atomic mass is 19.1. The summed E-state index contributed by atoms with van der Waals surface area (Å²) < 4.78 is 20.9. The largest absolute Gasteiger partial charge is 0.495 e. The van der Waals surface area contributed by atoms with Gasteiger partial charge in [0.1, 0.15) is 22.9 Å². The van der Waals surface area contributed by atoms with E-state index in [1.54, 1.807) is 37.7 Å². The van der Waals surface area contributed by atoms with E-state index in [4.69, 9.17) is 9.57 Å². The number of rotatable bonds is 6. The first-order chi connectivity index (χ1) is 14.9. The molecule has 2 heterocycles. The van der Waals surface area contributed by atoms with Gasteiger partial charge in [-0.3, -0.25) is 9.83 Å². The second-order valence-electron chi connectivity index (χ2n) is 7.62. The van der Waals surface area contributed by atoms with Crippen LogP contribution in [0.3, 0.4) is 0 Å². The normalized spacial score (nSPS) is 18.6. The molecule has 1 atom stereocenters. The minimum Gasteiger partial charge on any atom is -0.495 e. The van der Waals surface area contributed by atoms with E-state index >= 15 is 0 Å². The van der Waals surface area contributed by atoms with E-state index in [9.17, 15) is 4.39 Å². The maximum atomic E-state index is 13.4. The minimum atomic E-state index is -0.511. The van der Waals surface area contributed by atoms with E-state index in [2.05, 4.69) is 9.98 Å². The number of halogens is 1. The fourth-order valence-corrected chi connectivity index (χ4v) is 3.78. The first-order valence-corrected chi connectivity index (χ1v) is 9.96. The zero-order chi connectivity index (χ0) is 22.0. The Hall–Kier alpha value is -3.45. The monoisotopic (exact) mass is 420 g/mol. The number of aryl methyl sites for hydroxylation is 1. The molecule has 0 saturated carbocycles. The third kappa shape index (κ3) is 3.96. The Bertz CT molecular complexity index is 1140. The zero-order valence-corrected chi connectivity index (χ0v) is 18.0. The van der Waals surface area contributed by atoms with Crippen molar-refractivity contribution in [2.75, 3.05) is 20.8 Å². The van der Waals surface area contributed by atoms with Crippen LogP contribution in [0.25, 0.3) is 11.8 Å². The number of hydrogen-bond donors (Lipinski definition) is 0. The molecule has 0 fully saturated rings. The maximum absolute atomic E-state index is 13.4. The molecule has 2 aromatic carbocycles. The van der Waals surface area contributed by atoms with E-state index in [-0.39, 0.29) is 5.82 Å². The summed E-state index contributed by atoms with van der Waals surface area (Å²) in [4.78, 5) is 14.6. The van der Waals surface area contributed by atoms with Gasteiger partial charge in [-0.1, -0.05) is 24.3 Å². The average molecular weight is 420 g/mol. The standard InChI is InChI=1S/C24H25FN4O2/c1-17-14-28(16-27-17)21-11-5-18(13-22(21)30-3)6-12-23-26-15-24(2,29(23)31-4)19-7-9-20(25)10-8-19/h5-14,16H,15H2,1-4H3/b12-6+. The Balaban J connectivity index is 1.57. The number of imidazole rings is 1. The molecule has 3 aromatic rings. The Morgan fingerprint density at radius 3 is 2.52 bits per heavy atom. The highest BCUT2D eigenvalue weighted by molar-refractivity contribution is 5.97. The van der Waals surface area contributed by atoms with Gasteiger partial charge >= 0.3 is 0 Å². The van der Waals surface area contributed by atoms with Crippen LogP contribution in [0.5, 0.6) is 5.75 Å². The molecule has 0 spiro atoms. The van der Waals surface area contributed by atoms with Gasteiger partial charge in [-0.2, -0.15) is 0 Å². The van der Waals surface area contributed by atoms with Gasteiger partial charge in [0.05, 0.1) is 38.5 Å². The Morgan fingerprint density at radius 2 is 1.87 bits per heavy atom. The maximum Gasteiger partial charge on any atom is 0.149 e. The fraction of sp³-hybridized carbons (Fsp3) is 0.250. The molecule has 0 radical (unpaired) electrons. The molecule has 0 saturated heterocycles. The molecule has 0 N–H and O–H groups in total. The quantitative estimate of drug-likeness (QED) is 0.588. The van der Waals surface area contributed by atoms with Crippen LogP contribution < -0.4 is 4.74 Å². The second kappa shape index (κ2) is 8.35. The van der Waals surface area contributed by atoms with Crippen LogP contribution in [0.2, 0.25) is 0 Å². The highest BCUT2D eigenvalue weighted by Gasteiger charge is 2.40. The van der Waals surface area contributed by atoms with E-state index < -0.39 is 5.54 Å². The van der Waals surface area contributed by atoms with Crippen molar-refractivity contribution in [2.24, 2.45) is 4.99 Å². The van der Waals surface area contributed by atoms with Crippen LogP contribution in [0.4, 0.5) is 4.39 Å². The summed E-state index contributed by atoms with van der Waals surface area (Å²) in [6, 6.07) is 12.4. The second-order valence-corrected chi connectivity index (χ2v) is 7.62. The lowest BCUT2D eigenvalue weighted by molar-refractivity contribution is -0.126. The van der Waals surface area contributed by atoms with Crippen molar-refractivity contribution in [3.63, 3.8) is 0 Å². The molecule has 7 heteroatoms. The number of hydroxylamine groups is 2. The van der Waals surface area contributed by atoms with Gasteiger partial charge in [0, 0.05) is 6.20 Å². The minimum absolute atomic E-state index is 0.265. The lowest BCUT2D eigenvalue weighted by atomic mass is 9.92. The number of hydrogen-bond acceptors (Lipinski definition) is 5. The van der Waals surface area contributed by atoms with Crippen molar-refractivity contribution in [1.82, 2.24) is 14.6 Å². The molecule has 1 aliphatic rings. The number of aromatic nitrogens is 2. The van der Waals surface area contributed by atoms with Crippen LogP contribution in [-0.4, -0.2) is 41.2 Å². The summed E-state index contributed by atoms with van der Waals surface area (Å²) in [5.74, 6) is 1.17. The topological polar surface area (TPSA) is 51.9 Å². The smallest absolute Gasteiger partial charge is 0.149 e. The van der Waals surface area contributed by atoms with Gasteiger partial charge in [-0.25, -0.2) is 14.4 Å². The van der Waals surface area contributed by atoms with Gasteiger partial charge in [0.15, 0.2) is 0 Å². The van der Waals surface area contributed by atoms with Crippen molar-refractivity contribution >= 4 is 11.9 Å². The predicted octanol–water partition coefficient (Wildman–Crippen LogP) is 4.53. The summed E-state index contributed by atoms with van der Waals surface area (Å²) in [7, 11) is 3.26. The summed E-state index contributed by atoms with van der Waals surface area (Å²) in [5.41, 5.74) is 3.24. The predicted molar refractivity (Wildman–Crippen MR) is 119 cm³/mol. The molecule has 0 amide bonds. The fourth-order valence-electron chi connectivity index (χ4n) is 3.78. The number of amidine groups is 1. The molecule has 4 rings (SSSR count). The van der Waals surface area contributed by atoms with Gasteiger partial charge in [-0.05, 0) is 55.3 Å². The van der Waals surface area contributed by atoms with Crippen LogP contribution in [0.1, 0.15) is 23.7 Å². The van der Waals surface area contributed by atoms with Gasteiger partial charge < -0.3 is 9.30 Å². The summed E-state index contributed by atoms with van der Waals surface area (Å²) in [6.45, 7) is 4.48. The molecule has 1 aromatic heterocycles. The van der Waals surface area contributed by atoms with Gasteiger partial charge in [-0.15, -0.1) is 0 Å². The van der Waals surface area contributed by atoms with Crippen molar-refractivity contribution in [2.45, 2.75) is 19.4 Å². The van der Waals surface area contributed by atoms with Crippen LogP contribution in [0, 0.1) is 12.7 Å². The number of aliphatic imine (C=N–C) groups is 1. The Kier molecular flexibility index (Phi) is 5.61. The molecular weight excluding hydrogens is 395 g/mol. The molecule has 1 unspecified atom stereocenters. The summed E-state index contributed by atoms with van der Waals surface area (Å²) in [6.07, 6.45) is 7.59. The highest BCUT2D eigenvalue weighted by Crippen LogP contribution is 2.34. The van der Waals surface area contributed by atoms with Gasteiger partial charge in [0.25, 0.3) is 0 Å². The van der Waals surface area contributed by atoms with Crippen molar-refractivity contribution in [3.8, 4) is 11.4 Å². The third-order valence-electron chi connectivity index (χ3n) is 5.47. The number of ether oxygens (including phenoxy) is 1. The van der Waals surface area contributed by atoms with Crippen molar-refractivity contribution in [1.29, 1.82) is 0 Å². The number of benzene rings is 2. The lowest BCUT2D eigenvalue weighted by Crippen LogP contribution is -2.43. The number of methoxy groups -OCH3 is 1. The van der Waals surface area contributed by atoms with Crippen LogP contribution in [-0.2, 0) is 10.4 Å². The van der Waals surface area contributed by atoms with E-state index in [0.29, 0.717) is 12.4 Å². The van der Waals surface area contributed by atoms with E-state index in [1.807, 2.05) is 55.0 Å². The summed E-state index contributed by atoms with van der Waals surface area (Å²) >= 11 is 0. The lowest BCUT2D eigenvalue weighted by Gasteiger charge is -2.34. The van der Waals surface area contributed by atoms with Crippen LogP contribution in [0.15, 0.2) is 66.1 Å². The van der Waals surface area contributed by atoms with Crippen LogP contribution >= 0.6 is 0 Å². The molecule has 0 aliphatic carbocycles. The van der Waals surface area contributed by atoms with Gasteiger partial charge in [0.2, 0.25) is 0 Å². The SMILES string of the molecule is COc1cc(/C=C/C2=NCC(C)(c3ccc(F)cc3)N2OC)ccc1-n1cnc(C)c1. The third-order valence-corrected chi connectivity index (χ3v) is 5.47. The molecule has 31 heavy (non-hydrogen) atoms. The average Bonchev–Trinajstić information content (AvgIpc) is 3.35. The van der Waals surface area contributed by atoms with Crippen molar-refractivity contribution < 1.29 is 14.0 Å². The Labute approximate surface area is 181 Å². The summed E-state index contributed by atoms with van der Waals surface area (Å²) in [5, 5.41) is 1.76. The zero-order valence-electron chi connectivity index (χ0n) is 18.0. The first-order valence-electron chi connectivity index (χ1n) is 9.96. The van der Waals surface area contributed by atoms with E-state index in [1.165, 1.54) is 12.1 Å². The first kappa shape index (κ1) is 20.8. The molecule has 1 aliphatic heterocycles. The van der Waals surface area contributed by atoms with E-state index in [0.717, 1.165) is 28.3 Å². The molecule has 6 nitrogen and oxygen atoms in total. The van der Waals surface area contributed by atoms with Crippen molar-refractivity contribution in [3.05, 3.63) is 83.7 Å². The molecule has 0 bridgehead atoms. The number of nitrogens with zero attached hydrogens (tertiary/aromatic N) is 4. The molecular formula is C24H25FN4O2. The Morgan fingerprint density at radius 1 is 1.10 bits per heavy atom. The molecule has 160 valence electrons.